The highest BCUT2D eigenvalue weighted by Crippen LogP contribution is 2.30. The monoisotopic (exact) mass is 359 g/mol. The molecule has 0 aromatic heterocycles. The van der Waals surface area contributed by atoms with E-state index in [-0.39, 0.29) is 11.9 Å². The number of benzene rings is 2. The lowest BCUT2D eigenvalue weighted by Gasteiger charge is -2.19. The molecule has 1 amide bonds. The van der Waals surface area contributed by atoms with Gasteiger partial charge in [0.25, 0.3) is 5.91 Å². The molecule has 1 aliphatic carbocycles. The summed E-state index contributed by atoms with van der Waals surface area (Å²) in [5.74, 6) is 0.613. The van der Waals surface area contributed by atoms with E-state index in [1.165, 1.54) is 11.1 Å². The summed E-state index contributed by atoms with van der Waals surface area (Å²) in [6, 6.07) is 15.9. The van der Waals surface area contributed by atoms with Crippen LogP contribution < -0.4 is 10.1 Å². The number of aryl methyl sites for hydroxylation is 1. The average molecular weight is 360 g/mol. The fourth-order valence-corrected chi connectivity index (χ4v) is 3.03. The van der Waals surface area contributed by atoms with Gasteiger partial charge in [-0.25, -0.2) is 0 Å². The first kappa shape index (κ1) is 15.1. The predicted octanol–water partition coefficient (Wildman–Crippen LogP) is 4.02. The fourth-order valence-electron chi connectivity index (χ4n) is 2.77. The molecule has 2 atom stereocenters. The number of rotatable bonds is 4. The molecule has 0 fully saturated rings. The van der Waals surface area contributed by atoms with Crippen LogP contribution in [0.2, 0.25) is 0 Å². The molecule has 2 aromatic rings. The molecule has 3 rings (SSSR count). The molecule has 0 spiro atoms. The lowest BCUT2D eigenvalue weighted by molar-refractivity contribution is -0.128. The number of hydrogen-bond acceptors (Lipinski definition) is 2. The quantitative estimate of drug-likeness (QED) is 0.895. The zero-order valence-corrected chi connectivity index (χ0v) is 14.0. The maximum Gasteiger partial charge on any atom is 0.261 e. The first-order valence-electron chi connectivity index (χ1n) is 7.44. The molecular formula is C18H18BrNO2. The summed E-state index contributed by atoms with van der Waals surface area (Å²) < 4.78 is 6.68. The van der Waals surface area contributed by atoms with Crippen molar-refractivity contribution in [2.75, 3.05) is 0 Å². The van der Waals surface area contributed by atoms with Crippen LogP contribution in [0.1, 0.15) is 30.5 Å². The average Bonchev–Trinajstić information content (AvgIpc) is 2.93. The summed E-state index contributed by atoms with van der Waals surface area (Å²) in [5, 5.41) is 3.09. The molecule has 1 N–H and O–H groups in total. The van der Waals surface area contributed by atoms with Gasteiger partial charge in [0.1, 0.15) is 5.75 Å². The van der Waals surface area contributed by atoms with Crippen LogP contribution in [0.4, 0.5) is 0 Å². The number of nitrogens with one attached hydrogen (secondary N) is 1. The van der Waals surface area contributed by atoms with Crippen molar-refractivity contribution in [1.82, 2.24) is 5.32 Å². The van der Waals surface area contributed by atoms with Crippen LogP contribution in [0, 0.1) is 0 Å². The van der Waals surface area contributed by atoms with Crippen LogP contribution in [0.25, 0.3) is 0 Å². The molecule has 0 heterocycles. The topological polar surface area (TPSA) is 38.3 Å². The predicted molar refractivity (Wildman–Crippen MR) is 89.9 cm³/mol. The molecule has 1 aliphatic rings. The molecule has 0 saturated carbocycles. The molecule has 22 heavy (non-hydrogen) atoms. The van der Waals surface area contributed by atoms with Crippen LogP contribution in [-0.4, -0.2) is 12.0 Å². The van der Waals surface area contributed by atoms with Crippen LogP contribution in [0.15, 0.2) is 53.0 Å². The summed E-state index contributed by atoms with van der Waals surface area (Å²) in [6.45, 7) is 1.78. The molecule has 4 heteroatoms. The second-order valence-electron chi connectivity index (χ2n) is 5.51. The van der Waals surface area contributed by atoms with Gasteiger partial charge < -0.3 is 10.1 Å². The molecule has 0 radical (unpaired) electrons. The Labute approximate surface area is 138 Å². The lowest BCUT2D eigenvalue weighted by Crippen LogP contribution is -2.38. The molecule has 0 bridgehead atoms. The van der Waals surface area contributed by atoms with Crippen molar-refractivity contribution in [1.29, 1.82) is 0 Å². The molecule has 3 nitrogen and oxygen atoms in total. The summed E-state index contributed by atoms with van der Waals surface area (Å²) >= 11 is 3.38. The van der Waals surface area contributed by atoms with Crippen LogP contribution in [0.3, 0.4) is 0 Å². The maximum absolute atomic E-state index is 12.3. The van der Waals surface area contributed by atoms with E-state index < -0.39 is 6.10 Å². The van der Waals surface area contributed by atoms with Gasteiger partial charge in [-0.3, -0.25) is 4.79 Å². The number of halogens is 1. The highest BCUT2D eigenvalue weighted by Gasteiger charge is 2.25. The fraction of sp³-hybridized carbons (Fsp3) is 0.278. The van der Waals surface area contributed by atoms with Gasteiger partial charge in [-0.1, -0.05) is 40.2 Å². The van der Waals surface area contributed by atoms with Crippen LogP contribution in [-0.2, 0) is 11.2 Å². The number of ether oxygens (including phenoxy) is 1. The minimum atomic E-state index is -0.520. The van der Waals surface area contributed by atoms with Crippen molar-refractivity contribution >= 4 is 21.8 Å². The summed E-state index contributed by atoms with van der Waals surface area (Å²) in [5.41, 5.74) is 2.56. The van der Waals surface area contributed by atoms with E-state index in [1.807, 2.05) is 36.4 Å². The zero-order valence-electron chi connectivity index (χ0n) is 12.4. The summed E-state index contributed by atoms with van der Waals surface area (Å²) in [6.07, 6.45) is 1.45. The highest BCUT2D eigenvalue weighted by molar-refractivity contribution is 9.10. The van der Waals surface area contributed by atoms with E-state index in [2.05, 4.69) is 33.4 Å². The number of fused-ring (bicyclic) bond motifs is 1. The normalized spacial score (nSPS) is 17.6. The van der Waals surface area contributed by atoms with Gasteiger partial charge in [0.2, 0.25) is 0 Å². The van der Waals surface area contributed by atoms with Gasteiger partial charge in [-0.2, -0.15) is 0 Å². The van der Waals surface area contributed by atoms with Crippen molar-refractivity contribution in [2.24, 2.45) is 0 Å². The minimum Gasteiger partial charge on any atom is -0.481 e. The molecule has 2 aromatic carbocycles. The van der Waals surface area contributed by atoms with Crippen molar-refractivity contribution < 1.29 is 9.53 Å². The third-order valence-corrected chi connectivity index (χ3v) is 4.47. The number of amides is 1. The Kier molecular flexibility index (Phi) is 4.48. The first-order valence-corrected chi connectivity index (χ1v) is 8.23. The number of carbonyl (C=O) groups is 1. The molecule has 0 saturated heterocycles. The third kappa shape index (κ3) is 3.33. The Morgan fingerprint density at radius 1 is 1.23 bits per heavy atom. The lowest BCUT2D eigenvalue weighted by atomic mass is 10.1. The van der Waals surface area contributed by atoms with E-state index in [0.29, 0.717) is 5.75 Å². The Morgan fingerprint density at radius 3 is 2.73 bits per heavy atom. The van der Waals surface area contributed by atoms with Crippen molar-refractivity contribution in [2.45, 2.75) is 31.9 Å². The number of carbonyl (C=O) groups excluding carboxylic acids is 1. The van der Waals surface area contributed by atoms with E-state index in [0.717, 1.165) is 17.3 Å². The Morgan fingerprint density at radius 2 is 1.95 bits per heavy atom. The van der Waals surface area contributed by atoms with Crippen molar-refractivity contribution in [3.63, 3.8) is 0 Å². The van der Waals surface area contributed by atoms with Gasteiger partial charge >= 0.3 is 0 Å². The van der Waals surface area contributed by atoms with E-state index in [1.54, 1.807) is 6.92 Å². The SMILES string of the molecule is C[C@@H](Oc1ccc(Br)cc1)C(=O)N[C@H]1CCc2ccccc21. The Hall–Kier alpha value is -1.81. The van der Waals surface area contributed by atoms with E-state index in [9.17, 15) is 4.79 Å². The van der Waals surface area contributed by atoms with Gasteiger partial charge in [0.05, 0.1) is 6.04 Å². The first-order chi connectivity index (χ1) is 10.6. The van der Waals surface area contributed by atoms with Gasteiger partial charge in [-0.05, 0) is 55.2 Å². The van der Waals surface area contributed by atoms with Crippen molar-refractivity contribution in [3.05, 3.63) is 64.1 Å². The number of hydrogen-bond donors (Lipinski definition) is 1. The largest absolute Gasteiger partial charge is 0.481 e. The molecular weight excluding hydrogens is 342 g/mol. The van der Waals surface area contributed by atoms with Gasteiger partial charge in [0, 0.05) is 4.47 Å². The van der Waals surface area contributed by atoms with Gasteiger partial charge in [0.15, 0.2) is 6.10 Å². The third-order valence-electron chi connectivity index (χ3n) is 3.95. The second kappa shape index (κ2) is 6.53. The summed E-state index contributed by atoms with van der Waals surface area (Å²) in [7, 11) is 0. The van der Waals surface area contributed by atoms with Crippen LogP contribution >= 0.6 is 15.9 Å². The summed E-state index contributed by atoms with van der Waals surface area (Å²) in [4.78, 5) is 12.3. The van der Waals surface area contributed by atoms with Crippen molar-refractivity contribution in [3.8, 4) is 5.75 Å². The zero-order chi connectivity index (χ0) is 15.5. The molecule has 114 valence electrons. The van der Waals surface area contributed by atoms with Gasteiger partial charge in [-0.15, -0.1) is 0 Å². The van der Waals surface area contributed by atoms with E-state index >= 15 is 0 Å². The molecule has 0 aliphatic heterocycles. The second-order valence-corrected chi connectivity index (χ2v) is 6.43. The maximum atomic E-state index is 12.3. The molecule has 0 unspecified atom stereocenters. The highest BCUT2D eigenvalue weighted by atomic mass is 79.9. The Bertz CT molecular complexity index is 669. The standard InChI is InChI=1S/C18H18BrNO2/c1-12(22-15-9-7-14(19)8-10-15)18(21)20-17-11-6-13-4-2-3-5-16(13)17/h2-5,7-10,12,17H,6,11H2,1H3,(H,20,21)/t12-,17+/m1/s1. The Balaban J connectivity index is 1.61. The minimum absolute atomic E-state index is 0.0791. The smallest absolute Gasteiger partial charge is 0.261 e. The van der Waals surface area contributed by atoms with E-state index in [4.69, 9.17) is 4.74 Å². The van der Waals surface area contributed by atoms with Crippen LogP contribution in [0.5, 0.6) is 5.75 Å².